The van der Waals surface area contributed by atoms with E-state index in [0.717, 1.165) is 19.3 Å². The summed E-state index contributed by atoms with van der Waals surface area (Å²) in [6.45, 7) is 4.51. The molecule has 1 amide bonds. The van der Waals surface area contributed by atoms with Gasteiger partial charge in [0.25, 0.3) is 0 Å². The molecule has 3 N–H and O–H groups in total. The lowest BCUT2D eigenvalue weighted by Gasteiger charge is -2.29. The summed E-state index contributed by atoms with van der Waals surface area (Å²) in [5.41, 5.74) is 7.35. The standard InChI is InChI=1S/C18H26N2O2/c1-3-13-4-6-14(7-5-13)16(21)10-11-17(22)20-18(2,12-19)15-8-9-15/h4-7,15H,3,8-12,19H2,1-2H3,(H,20,22). The van der Waals surface area contributed by atoms with E-state index in [0.29, 0.717) is 18.0 Å². The molecule has 1 aliphatic rings. The number of hydrogen-bond acceptors (Lipinski definition) is 3. The van der Waals surface area contributed by atoms with Crippen molar-refractivity contribution in [2.24, 2.45) is 11.7 Å². The fraction of sp³-hybridized carbons (Fsp3) is 0.556. The summed E-state index contributed by atoms with van der Waals surface area (Å²) in [5, 5.41) is 3.01. The first-order valence-electron chi connectivity index (χ1n) is 8.11. The van der Waals surface area contributed by atoms with Crippen LogP contribution in [-0.4, -0.2) is 23.8 Å². The van der Waals surface area contributed by atoms with Crippen LogP contribution in [0.5, 0.6) is 0 Å². The zero-order chi connectivity index (χ0) is 16.2. The molecule has 120 valence electrons. The van der Waals surface area contributed by atoms with E-state index < -0.39 is 0 Å². The molecular formula is C18H26N2O2. The number of aryl methyl sites for hydroxylation is 1. The Bertz CT molecular complexity index is 535. The van der Waals surface area contributed by atoms with Crippen molar-refractivity contribution < 1.29 is 9.59 Å². The summed E-state index contributed by atoms with van der Waals surface area (Å²) in [5.74, 6) is 0.413. The Morgan fingerprint density at radius 2 is 1.86 bits per heavy atom. The predicted molar refractivity (Wildman–Crippen MR) is 87.7 cm³/mol. The van der Waals surface area contributed by atoms with Crippen LogP contribution in [0.25, 0.3) is 0 Å². The van der Waals surface area contributed by atoms with Gasteiger partial charge in [0.05, 0.1) is 5.54 Å². The second-order valence-corrected chi connectivity index (χ2v) is 6.42. The Labute approximate surface area is 132 Å². The van der Waals surface area contributed by atoms with Crippen LogP contribution in [0.3, 0.4) is 0 Å². The van der Waals surface area contributed by atoms with Crippen LogP contribution in [-0.2, 0) is 11.2 Å². The molecule has 4 nitrogen and oxygen atoms in total. The van der Waals surface area contributed by atoms with Crippen molar-refractivity contribution in [1.82, 2.24) is 5.32 Å². The zero-order valence-electron chi connectivity index (χ0n) is 13.5. The minimum Gasteiger partial charge on any atom is -0.349 e. The Hall–Kier alpha value is -1.68. The zero-order valence-corrected chi connectivity index (χ0v) is 13.5. The number of amides is 1. The molecule has 2 rings (SSSR count). The maximum absolute atomic E-state index is 12.1. The Kier molecular flexibility index (Phi) is 5.35. The Balaban J connectivity index is 1.83. The molecule has 0 saturated heterocycles. The third-order valence-corrected chi connectivity index (χ3v) is 4.59. The van der Waals surface area contributed by atoms with Crippen molar-refractivity contribution in [3.63, 3.8) is 0 Å². The molecule has 0 aromatic heterocycles. The fourth-order valence-electron chi connectivity index (χ4n) is 2.72. The average molecular weight is 302 g/mol. The van der Waals surface area contributed by atoms with Crippen molar-refractivity contribution in [2.45, 2.75) is 51.5 Å². The van der Waals surface area contributed by atoms with Gasteiger partial charge in [0.2, 0.25) is 5.91 Å². The molecule has 1 unspecified atom stereocenters. The lowest BCUT2D eigenvalue weighted by atomic mass is 9.95. The van der Waals surface area contributed by atoms with Gasteiger partial charge in [-0.05, 0) is 37.7 Å². The van der Waals surface area contributed by atoms with Gasteiger partial charge in [-0.2, -0.15) is 0 Å². The van der Waals surface area contributed by atoms with Gasteiger partial charge in [-0.25, -0.2) is 0 Å². The molecule has 1 aromatic rings. The fourth-order valence-corrected chi connectivity index (χ4v) is 2.72. The van der Waals surface area contributed by atoms with Gasteiger partial charge in [0.15, 0.2) is 5.78 Å². The summed E-state index contributed by atoms with van der Waals surface area (Å²) in [6.07, 6.45) is 3.66. The normalized spacial score (nSPS) is 16.9. The molecule has 4 heteroatoms. The summed E-state index contributed by atoms with van der Waals surface area (Å²) >= 11 is 0. The summed E-state index contributed by atoms with van der Waals surface area (Å²) in [4.78, 5) is 24.2. The SMILES string of the molecule is CCc1ccc(C(=O)CCC(=O)NC(C)(CN)C2CC2)cc1. The van der Waals surface area contributed by atoms with E-state index >= 15 is 0 Å². The van der Waals surface area contributed by atoms with Gasteiger partial charge in [0.1, 0.15) is 0 Å². The number of rotatable bonds is 8. The van der Waals surface area contributed by atoms with E-state index in [9.17, 15) is 9.59 Å². The third-order valence-electron chi connectivity index (χ3n) is 4.59. The topological polar surface area (TPSA) is 72.2 Å². The highest BCUT2D eigenvalue weighted by Crippen LogP contribution is 2.39. The highest BCUT2D eigenvalue weighted by Gasteiger charge is 2.41. The van der Waals surface area contributed by atoms with Crippen molar-refractivity contribution >= 4 is 11.7 Å². The molecule has 1 fully saturated rings. The average Bonchev–Trinajstić information content (AvgIpc) is 3.38. The minimum absolute atomic E-state index is 0.0127. The Morgan fingerprint density at radius 3 is 2.36 bits per heavy atom. The smallest absolute Gasteiger partial charge is 0.220 e. The minimum atomic E-state index is -0.317. The molecule has 0 aliphatic heterocycles. The lowest BCUT2D eigenvalue weighted by molar-refractivity contribution is -0.123. The Morgan fingerprint density at radius 1 is 1.23 bits per heavy atom. The number of nitrogens with two attached hydrogens (primary N) is 1. The molecule has 0 radical (unpaired) electrons. The maximum atomic E-state index is 12.1. The molecule has 0 spiro atoms. The van der Waals surface area contributed by atoms with Crippen molar-refractivity contribution in [1.29, 1.82) is 0 Å². The number of ketones is 1. The van der Waals surface area contributed by atoms with E-state index in [4.69, 9.17) is 5.73 Å². The lowest BCUT2D eigenvalue weighted by Crippen LogP contribution is -2.53. The van der Waals surface area contributed by atoms with Gasteiger partial charge >= 0.3 is 0 Å². The van der Waals surface area contributed by atoms with Gasteiger partial charge in [-0.3, -0.25) is 9.59 Å². The first-order chi connectivity index (χ1) is 10.5. The van der Waals surface area contributed by atoms with Gasteiger partial charge in [-0.15, -0.1) is 0 Å². The number of hydrogen-bond donors (Lipinski definition) is 2. The van der Waals surface area contributed by atoms with Crippen LogP contribution < -0.4 is 11.1 Å². The molecule has 0 heterocycles. The summed E-state index contributed by atoms with van der Waals surface area (Å²) in [6, 6.07) is 7.61. The molecule has 1 aliphatic carbocycles. The van der Waals surface area contributed by atoms with E-state index in [1.807, 2.05) is 31.2 Å². The van der Waals surface area contributed by atoms with Crippen molar-refractivity contribution in [2.75, 3.05) is 6.54 Å². The molecule has 1 saturated carbocycles. The van der Waals surface area contributed by atoms with E-state index in [1.165, 1.54) is 5.56 Å². The highest BCUT2D eigenvalue weighted by atomic mass is 16.2. The van der Waals surface area contributed by atoms with E-state index in [1.54, 1.807) is 0 Å². The van der Waals surface area contributed by atoms with Crippen molar-refractivity contribution in [3.05, 3.63) is 35.4 Å². The molecular weight excluding hydrogens is 276 g/mol. The van der Waals surface area contributed by atoms with Gasteiger partial charge < -0.3 is 11.1 Å². The third kappa shape index (κ3) is 4.17. The second-order valence-electron chi connectivity index (χ2n) is 6.42. The number of Topliss-reactive ketones (excluding diaryl/α,β-unsaturated/α-hetero) is 1. The number of carbonyl (C=O) groups is 2. The second kappa shape index (κ2) is 7.05. The number of benzene rings is 1. The quantitative estimate of drug-likeness (QED) is 0.725. The predicted octanol–water partition coefficient (Wildman–Crippen LogP) is 2.46. The van der Waals surface area contributed by atoms with Crippen LogP contribution in [0.1, 0.15) is 55.5 Å². The van der Waals surface area contributed by atoms with Crippen LogP contribution in [0, 0.1) is 5.92 Å². The largest absolute Gasteiger partial charge is 0.349 e. The van der Waals surface area contributed by atoms with E-state index in [2.05, 4.69) is 12.2 Å². The van der Waals surface area contributed by atoms with E-state index in [-0.39, 0.29) is 30.1 Å². The van der Waals surface area contributed by atoms with Crippen LogP contribution >= 0.6 is 0 Å². The first kappa shape index (κ1) is 16.7. The highest BCUT2D eigenvalue weighted by molar-refractivity contribution is 5.98. The van der Waals surface area contributed by atoms with Crippen LogP contribution in [0.4, 0.5) is 0 Å². The molecule has 1 atom stereocenters. The maximum Gasteiger partial charge on any atom is 0.220 e. The first-order valence-corrected chi connectivity index (χ1v) is 8.11. The van der Waals surface area contributed by atoms with Crippen molar-refractivity contribution in [3.8, 4) is 0 Å². The van der Waals surface area contributed by atoms with Crippen LogP contribution in [0.2, 0.25) is 0 Å². The molecule has 0 bridgehead atoms. The van der Waals surface area contributed by atoms with Gasteiger partial charge in [-0.1, -0.05) is 31.2 Å². The molecule has 1 aromatic carbocycles. The monoisotopic (exact) mass is 302 g/mol. The number of nitrogens with one attached hydrogen (secondary N) is 1. The van der Waals surface area contributed by atoms with Crippen LogP contribution in [0.15, 0.2) is 24.3 Å². The summed E-state index contributed by atoms with van der Waals surface area (Å²) < 4.78 is 0. The van der Waals surface area contributed by atoms with Gasteiger partial charge in [0, 0.05) is 24.9 Å². The number of carbonyl (C=O) groups excluding carboxylic acids is 2. The summed E-state index contributed by atoms with van der Waals surface area (Å²) in [7, 11) is 0. The molecule has 22 heavy (non-hydrogen) atoms.